The van der Waals surface area contributed by atoms with Crippen molar-refractivity contribution >= 4 is 28.3 Å². The summed E-state index contributed by atoms with van der Waals surface area (Å²) in [5.74, 6) is -0.0795. The van der Waals surface area contributed by atoms with Crippen LogP contribution >= 0.6 is 11.3 Å². The molecule has 124 valence electrons. The number of hydrogen-bond donors (Lipinski definition) is 1. The summed E-state index contributed by atoms with van der Waals surface area (Å²) in [4.78, 5) is 23.0. The molecule has 0 radical (unpaired) electrons. The van der Waals surface area contributed by atoms with Gasteiger partial charge in [0, 0.05) is 10.4 Å². The van der Waals surface area contributed by atoms with Crippen LogP contribution in [0.5, 0.6) is 0 Å². The lowest BCUT2D eigenvalue weighted by Crippen LogP contribution is -2.22. The maximum atomic E-state index is 12.4. The fourth-order valence-corrected chi connectivity index (χ4v) is 3.53. The van der Waals surface area contributed by atoms with Crippen LogP contribution in [0.1, 0.15) is 46.0 Å². The molecule has 2 heterocycles. The molecule has 1 N–H and O–H groups in total. The SMILES string of the molecule is CCc1nc2ccc(C(=O)NCc3sccc3C)cc2nc1CC. The minimum absolute atomic E-state index is 0.0795. The summed E-state index contributed by atoms with van der Waals surface area (Å²) in [5.41, 5.74) is 5.51. The van der Waals surface area contributed by atoms with Crippen LogP contribution in [-0.4, -0.2) is 15.9 Å². The first-order valence-electron chi connectivity index (χ1n) is 8.23. The highest BCUT2D eigenvalue weighted by Gasteiger charge is 2.11. The first kappa shape index (κ1) is 16.6. The minimum Gasteiger partial charge on any atom is -0.347 e. The van der Waals surface area contributed by atoms with Crippen molar-refractivity contribution in [2.45, 2.75) is 40.2 Å². The van der Waals surface area contributed by atoms with E-state index in [1.54, 1.807) is 11.3 Å². The van der Waals surface area contributed by atoms with Crippen molar-refractivity contribution in [3.05, 3.63) is 57.0 Å². The molecule has 0 saturated heterocycles. The maximum absolute atomic E-state index is 12.4. The van der Waals surface area contributed by atoms with Gasteiger partial charge in [-0.3, -0.25) is 4.79 Å². The smallest absolute Gasteiger partial charge is 0.251 e. The zero-order chi connectivity index (χ0) is 17.1. The van der Waals surface area contributed by atoms with E-state index in [0.717, 1.165) is 35.3 Å². The van der Waals surface area contributed by atoms with Gasteiger partial charge in [0.05, 0.1) is 29.0 Å². The monoisotopic (exact) mass is 339 g/mol. The molecule has 5 heteroatoms. The topological polar surface area (TPSA) is 54.9 Å². The quantitative estimate of drug-likeness (QED) is 0.763. The van der Waals surface area contributed by atoms with Crippen LogP contribution in [0, 0.1) is 6.92 Å². The molecular weight excluding hydrogens is 318 g/mol. The summed E-state index contributed by atoms with van der Waals surface area (Å²) >= 11 is 1.66. The Morgan fingerprint density at radius 3 is 2.42 bits per heavy atom. The number of thiophene rings is 1. The summed E-state index contributed by atoms with van der Waals surface area (Å²) < 4.78 is 0. The molecule has 0 spiro atoms. The highest BCUT2D eigenvalue weighted by atomic mass is 32.1. The lowest BCUT2D eigenvalue weighted by Gasteiger charge is -2.08. The van der Waals surface area contributed by atoms with Crippen molar-refractivity contribution in [2.75, 3.05) is 0 Å². The van der Waals surface area contributed by atoms with Crippen LogP contribution in [0.4, 0.5) is 0 Å². The number of rotatable bonds is 5. The number of aromatic nitrogens is 2. The zero-order valence-electron chi connectivity index (χ0n) is 14.2. The molecule has 4 nitrogen and oxygen atoms in total. The van der Waals surface area contributed by atoms with E-state index in [1.165, 1.54) is 10.4 Å². The van der Waals surface area contributed by atoms with Crippen molar-refractivity contribution in [3.8, 4) is 0 Å². The predicted molar refractivity (Wildman–Crippen MR) is 98.5 cm³/mol. The van der Waals surface area contributed by atoms with Crippen molar-refractivity contribution in [3.63, 3.8) is 0 Å². The van der Waals surface area contributed by atoms with Gasteiger partial charge in [0.1, 0.15) is 0 Å². The second-order valence-corrected chi connectivity index (χ2v) is 6.74. The van der Waals surface area contributed by atoms with Crippen LogP contribution in [0.25, 0.3) is 11.0 Å². The Hall–Kier alpha value is -2.27. The van der Waals surface area contributed by atoms with Gasteiger partial charge < -0.3 is 5.32 Å². The lowest BCUT2D eigenvalue weighted by molar-refractivity contribution is 0.0951. The van der Waals surface area contributed by atoms with Crippen LogP contribution in [0.15, 0.2) is 29.6 Å². The van der Waals surface area contributed by atoms with Gasteiger partial charge in [-0.2, -0.15) is 0 Å². The standard InChI is InChI=1S/C19H21N3OS/c1-4-14-15(5-2)22-17-10-13(6-7-16(17)21-14)19(23)20-11-18-12(3)8-9-24-18/h6-10H,4-5,11H2,1-3H3,(H,20,23). The highest BCUT2D eigenvalue weighted by molar-refractivity contribution is 7.10. The highest BCUT2D eigenvalue weighted by Crippen LogP contribution is 2.18. The van der Waals surface area contributed by atoms with E-state index in [9.17, 15) is 4.79 Å². The Morgan fingerprint density at radius 1 is 1.08 bits per heavy atom. The molecule has 0 aliphatic carbocycles. The number of benzene rings is 1. The summed E-state index contributed by atoms with van der Waals surface area (Å²) in [6, 6.07) is 7.60. The molecule has 24 heavy (non-hydrogen) atoms. The van der Waals surface area contributed by atoms with Crippen LogP contribution in [0.2, 0.25) is 0 Å². The number of amides is 1. The Kier molecular flexibility index (Phi) is 4.90. The van der Waals surface area contributed by atoms with Crippen molar-refractivity contribution < 1.29 is 4.79 Å². The Balaban J connectivity index is 1.84. The van der Waals surface area contributed by atoms with Gasteiger partial charge in [-0.05, 0) is 55.0 Å². The molecule has 1 aromatic carbocycles. The number of hydrogen-bond acceptors (Lipinski definition) is 4. The molecule has 1 amide bonds. The largest absolute Gasteiger partial charge is 0.347 e. The fraction of sp³-hybridized carbons (Fsp3) is 0.316. The third-order valence-electron chi connectivity index (χ3n) is 4.13. The van der Waals surface area contributed by atoms with Crippen molar-refractivity contribution in [2.24, 2.45) is 0 Å². The Bertz CT molecular complexity index is 885. The summed E-state index contributed by atoms with van der Waals surface area (Å²) in [6.07, 6.45) is 1.72. The maximum Gasteiger partial charge on any atom is 0.251 e. The third-order valence-corrected chi connectivity index (χ3v) is 5.15. The molecule has 0 aliphatic rings. The molecule has 3 rings (SSSR count). The van der Waals surface area contributed by atoms with E-state index in [0.29, 0.717) is 12.1 Å². The summed E-state index contributed by atoms with van der Waals surface area (Å²) in [5, 5.41) is 5.02. The van der Waals surface area contributed by atoms with Gasteiger partial charge in [0.15, 0.2) is 0 Å². The second-order valence-electron chi connectivity index (χ2n) is 5.74. The van der Waals surface area contributed by atoms with Crippen molar-refractivity contribution in [1.29, 1.82) is 0 Å². The molecule has 0 atom stereocenters. The Labute approximate surface area is 146 Å². The zero-order valence-corrected chi connectivity index (χ0v) is 15.0. The molecule has 2 aromatic heterocycles. The normalized spacial score (nSPS) is 11.0. The van der Waals surface area contributed by atoms with E-state index in [2.05, 4.69) is 37.1 Å². The summed E-state index contributed by atoms with van der Waals surface area (Å²) in [6.45, 7) is 6.78. The van der Waals surface area contributed by atoms with Gasteiger partial charge in [0.25, 0.3) is 5.91 Å². The number of carbonyl (C=O) groups excluding carboxylic acids is 1. The van der Waals surface area contributed by atoms with E-state index in [-0.39, 0.29) is 5.91 Å². The minimum atomic E-state index is -0.0795. The lowest BCUT2D eigenvalue weighted by atomic mass is 10.1. The molecule has 0 bridgehead atoms. The summed E-state index contributed by atoms with van der Waals surface area (Å²) in [7, 11) is 0. The molecular formula is C19H21N3OS. The Morgan fingerprint density at radius 2 is 1.79 bits per heavy atom. The van der Waals surface area contributed by atoms with Crippen LogP contribution < -0.4 is 5.32 Å². The number of carbonyl (C=O) groups is 1. The van der Waals surface area contributed by atoms with E-state index in [4.69, 9.17) is 4.98 Å². The van der Waals surface area contributed by atoms with Gasteiger partial charge in [-0.1, -0.05) is 13.8 Å². The average Bonchev–Trinajstić information content (AvgIpc) is 3.02. The van der Waals surface area contributed by atoms with Gasteiger partial charge in [0.2, 0.25) is 0 Å². The first-order valence-corrected chi connectivity index (χ1v) is 9.11. The number of nitrogens with one attached hydrogen (secondary N) is 1. The molecule has 0 unspecified atom stereocenters. The molecule has 0 aliphatic heterocycles. The first-order chi connectivity index (χ1) is 11.6. The number of fused-ring (bicyclic) bond motifs is 1. The molecule has 0 fully saturated rings. The molecule has 3 aromatic rings. The number of aryl methyl sites for hydroxylation is 3. The van der Waals surface area contributed by atoms with E-state index in [1.807, 2.05) is 23.6 Å². The average molecular weight is 339 g/mol. The molecule has 0 saturated carbocycles. The van der Waals surface area contributed by atoms with E-state index < -0.39 is 0 Å². The number of nitrogens with zero attached hydrogens (tertiary/aromatic N) is 2. The second kappa shape index (κ2) is 7.09. The third kappa shape index (κ3) is 3.31. The van der Waals surface area contributed by atoms with Crippen molar-refractivity contribution in [1.82, 2.24) is 15.3 Å². The van der Waals surface area contributed by atoms with Crippen LogP contribution in [0.3, 0.4) is 0 Å². The predicted octanol–water partition coefficient (Wildman–Crippen LogP) is 4.05. The van der Waals surface area contributed by atoms with Crippen LogP contribution in [-0.2, 0) is 19.4 Å². The van der Waals surface area contributed by atoms with E-state index >= 15 is 0 Å². The van der Waals surface area contributed by atoms with Gasteiger partial charge >= 0.3 is 0 Å². The van der Waals surface area contributed by atoms with Gasteiger partial charge in [-0.25, -0.2) is 9.97 Å². The van der Waals surface area contributed by atoms with Gasteiger partial charge in [-0.15, -0.1) is 11.3 Å². The fourth-order valence-electron chi connectivity index (χ4n) is 2.68.